The molecule has 8 heteroatoms. The number of rotatable bonds is 3. The normalized spacial score (nSPS) is 24.6. The number of amides is 1. The summed E-state index contributed by atoms with van der Waals surface area (Å²) in [5.41, 5.74) is 0.231. The molecule has 1 saturated carbocycles. The molecule has 3 rings (SSSR count). The maximum atomic E-state index is 13.2. The van der Waals surface area contributed by atoms with Gasteiger partial charge in [0, 0.05) is 18.6 Å². The highest BCUT2D eigenvalue weighted by atomic mass is 19.4. The molecule has 1 amide bonds. The van der Waals surface area contributed by atoms with E-state index in [-0.39, 0.29) is 35.8 Å². The molecule has 1 aliphatic heterocycles. The van der Waals surface area contributed by atoms with Crippen molar-refractivity contribution in [3.63, 3.8) is 0 Å². The van der Waals surface area contributed by atoms with Gasteiger partial charge >= 0.3 is 6.18 Å². The van der Waals surface area contributed by atoms with Gasteiger partial charge in [-0.3, -0.25) is 4.79 Å². The SMILES string of the molecule is CCN(C(=O)c1cnn2c1N[C@@H](C)C[C@H]2C(F)(F)F)C1CC1. The maximum absolute atomic E-state index is 13.2. The molecule has 1 N–H and O–H groups in total. The Morgan fingerprint density at radius 2 is 2.18 bits per heavy atom. The van der Waals surface area contributed by atoms with E-state index < -0.39 is 12.2 Å². The monoisotopic (exact) mass is 316 g/mol. The number of carbonyl (C=O) groups excluding carboxylic acids is 1. The zero-order valence-electron chi connectivity index (χ0n) is 12.5. The topological polar surface area (TPSA) is 50.2 Å². The predicted molar refractivity (Wildman–Crippen MR) is 74.8 cm³/mol. The fraction of sp³-hybridized carbons (Fsp3) is 0.714. The molecule has 5 nitrogen and oxygen atoms in total. The maximum Gasteiger partial charge on any atom is 0.410 e. The van der Waals surface area contributed by atoms with Crippen LogP contribution >= 0.6 is 0 Å². The molecule has 2 aliphatic rings. The first-order valence-electron chi connectivity index (χ1n) is 7.54. The average Bonchev–Trinajstić information content (AvgIpc) is 3.17. The van der Waals surface area contributed by atoms with Crippen molar-refractivity contribution in [1.82, 2.24) is 14.7 Å². The largest absolute Gasteiger partial charge is 0.410 e. The summed E-state index contributed by atoms with van der Waals surface area (Å²) in [7, 11) is 0. The van der Waals surface area contributed by atoms with E-state index in [9.17, 15) is 18.0 Å². The Balaban J connectivity index is 1.95. The van der Waals surface area contributed by atoms with Gasteiger partial charge in [0.05, 0.1) is 6.20 Å². The van der Waals surface area contributed by atoms with Crippen LogP contribution in [0.4, 0.5) is 19.0 Å². The number of aromatic nitrogens is 2. The molecule has 122 valence electrons. The Labute approximate surface area is 126 Å². The summed E-state index contributed by atoms with van der Waals surface area (Å²) >= 11 is 0. The Morgan fingerprint density at radius 1 is 1.50 bits per heavy atom. The molecule has 2 heterocycles. The Kier molecular flexibility index (Phi) is 3.57. The van der Waals surface area contributed by atoms with Gasteiger partial charge in [-0.1, -0.05) is 0 Å². The lowest BCUT2D eigenvalue weighted by molar-refractivity contribution is -0.173. The fourth-order valence-corrected chi connectivity index (χ4v) is 3.01. The number of hydrogen-bond acceptors (Lipinski definition) is 3. The lowest BCUT2D eigenvalue weighted by Gasteiger charge is -2.32. The van der Waals surface area contributed by atoms with Crippen molar-refractivity contribution in [3.8, 4) is 0 Å². The minimum absolute atomic E-state index is 0.0913. The third-order valence-corrected chi connectivity index (χ3v) is 4.25. The minimum atomic E-state index is -4.38. The van der Waals surface area contributed by atoms with Crippen molar-refractivity contribution < 1.29 is 18.0 Å². The molecule has 0 aromatic carbocycles. The summed E-state index contributed by atoms with van der Waals surface area (Å²) in [6.07, 6.45) is -1.30. The number of alkyl halides is 3. The Morgan fingerprint density at radius 3 is 2.73 bits per heavy atom. The van der Waals surface area contributed by atoms with Gasteiger partial charge in [0.25, 0.3) is 5.91 Å². The second kappa shape index (κ2) is 5.17. The lowest BCUT2D eigenvalue weighted by Crippen LogP contribution is -2.39. The molecule has 0 unspecified atom stereocenters. The van der Waals surface area contributed by atoms with Crippen molar-refractivity contribution in [1.29, 1.82) is 0 Å². The van der Waals surface area contributed by atoms with Gasteiger partial charge in [0.15, 0.2) is 6.04 Å². The van der Waals surface area contributed by atoms with E-state index in [1.54, 1.807) is 11.8 Å². The van der Waals surface area contributed by atoms with Crippen LogP contribution in [-0.4, -0.2) is 45.4 Å². The number of fused-ring (bicyclic) bond motifs is 1. The summed E-state index contributed by atoms with van der Waals surface area (Å²) in [5, 5.41) is 6.83. The quantitative estimate of drug-likeness (QED) is 0.933. The molecule has 1 aromatic rings. The van der Waals surface area contributed by atoms with Crippen LogP contribution in [0.3, 0.4) is 0 Å². The Bertz CT molecular complexity index is 579. The highest BCUT2D eigenvalue weighted by Gasteiger charge is 2.46. The van der Waals surface area contributed by atoms with Crippen LogP contribution in [0.25, 0.3) is 0 Å². The molecular formula is C14H19F3N4O. The highest BCUT2D eigenvalue weighted by Crippen LogP contribution is 2.40. The third kappa shape index (κ3) is 2.55. The Hall–Kier alpha value is -1.73. The number of carbonyl (C=O) groups is 1. The van der Waals surface area contributed by atoms with Crippen LogP contribution in [0.5, 0.6) is 0 Å². The second-order valence-corrected chi connectivity index (χ2v) is 6.01. The molecule has 0 radical (unpaired) electrons. The summed E-state index contributed by atoms with van der Waals surface area (Å²) in [5.74, 6) is -0.0565. The number of nitrogens with one attached hydrogen (secondary N) is 1. The van der Waals surface area contributed by atoms with Crippen LogP contribution in [0.1, 0.15) is 49.5 Å². The van der Waals surface area contributed by atoms with Gasteiger partial charge in [0.2, 0.25) is 0 Å². The standard InChI is InChI=1S/C14H19F3N4O/c1-3-20(9-4-5-9)13(22)10-7-18-21-11(14(15,16)17)6-8(2)19-12(10)21/h7-9,11,19H,3-6H2,1-2H3/t8-,11-/m0/s1. The van der Waals surface area contributed by atoms with Crippen molar-refractivity contribution in [3.05, 3.63) is 11.8 Å². The average molecular weight is 316 g/mol. The van der Waals surface area contributed by atoms with Crippen molar-refractivity contribution in [2.24, 2.45) is 0 Å². The van der Waals surface area contributed by atoms with Crippen molar-refractivity contribution in [2.75, 3.05) is 11.9 Å². The van der Waals surface area contributed by atoms with Gasteiger partial charge in [-0.2, -0.15) is 18.3 Å². The second-order valence-electron chi connectivity index (χ2n) is 6.01. The molecule has 1 aliphatic carbocycles. The lowest BCUT2D eigenvalue weighted by atomic mass is 10.0. The highest BCUT2D eigenvalue weighted by molar-refractivity contribution is 5.99. The van der Waals surface area contributed by atoms with E-state index >= 15 is 0 Å². The molecule has 0 bridgehead atoms. The van der Waals surface area contributed by atoms with Crippen LogP contribution in [0.2, 0.25) is 0 Å². The number of hydrogen-bond donors (Lipinski definition) is 1. The zero-order valence-corrected chi connectivity index (χ0v) is 12.5. The smallest absolute Gasteiger partial charge is 0.367 e. The molecule has 22 heavy (non-hydrogen) atoms. The van der Waals surface area contributed by atoms with Crippen LogP contribution < -0.4 is 5.32 Å². The van der Waals surface area contributed by atoms with Gasteiger partial charge in [0.1, 0.15) is 11.4 Å². The first-order chi connectivity index (χ1) is 10.3. The van der Waals surface area contributed by atoms with E-state index in [0.717, 1.165) is 17.5 Å². The summed E-state index contributed by atoms with van der Waals surface area (Å²) in [6, 6.07) is -1.83. The van der Waals surface area contributed by atoms with E-state index in [1.807, 2.05) is 6.92 Å². The molecule has 0 spiro atoms. The number of anilines is 1. The van der Waals surface area contributed by atoms with E-state index in [2.05, 4.69) is 10.4 Å². The van der Waals surface area contributed by atoms with Gasteiger partial charge in [-0.25, -0.2) is 4.68 Å². The third-order valence-electron chi connectivity index (χ3n) is 4.25. The van der Waals surface area contributed by atoms with Gasteiger partial charge < -0.3 is 10.2 Å². The van der Waals surface area contributed by atoms with Gasteiger partial charge in [-0.15, -0.1) is 0 Å². The summed E-state index contributed by atoms with van der Waals surface area (Å²) in [6.45, 7) is 4.11. The van der Waals surface area contributed by atoms with E-state index in [4.69, 9.17) is 0 Å². The van der Waals surface area contributed by atoms with Gasteiger partial charge in [-0.05, 0) is 33.1 Å². The van der Waals surface area contributed by atoms with Crippen molar-refractivity contribution >= 4 is 11.7 Å². The summed E-state index contributed by atoms with van der Waals surface area (Å²) < 4.78 is 40.5. The zero-order chi connectivity index (χ0) is 16.1. The number of nitrogens with zero attached hydrogens (tertiary/aromatic N) is 3. The van der Waals surface area contributed by atoms with E-state index in [1.165, 1.54) is 6.20 Å². The molecule has 2 atom stereocenters. The number of halogens is 3. The van der Waals surface area contributed by atoms with Crippen molar-refractivity contribution in [2.45, 2.75) is 57.4 Å². The molecular weight excluding hydrogens is 297 g/mol. The van der Waals surface area contributed by atoms with Crippen LogP contribution in [0, 0.1) is 0 Å². The first-order valence-corrected chi connectivity index (χ1v) is 7.54. The molecule has 1 aromatic heterocycles. The van der Waals surface area contributed by atoms with Crippen LogP contribution in [-0.2, 0) is 0 Å². The minimum Gasteiger partial charge on any atom is -0.367 e. The predicted octanol–water partition coefficient (Wildman–Crippen LogP) is 2.82. The molecule has 0 saturated heterocycles. The first kappa shape index (κ1) is 15.2. The van der Waals surface area contributed by atoms with Crippen LogP contribution in [0.15, 0.2) is 6.20 Å². The van der Waals surface area contributed by atoms with E-state index in [0.29, 0.717) is 6.54 Å². The fourth-order valence-electron chi connectivity index (χ4n) is 3.01. The summed E-state index contributed by atoms with van der Waals surface area (Å²) in [4.78, 5) is 14.3. The molecule has 1 fully saturated rings.